The molecule has 0 N–H and O–H groups in total. The third-order valence-corrected chi connectivity index (χ3v) is 10.0. The zero-order chi connectivity index (χ0) is 27.8. The van der Waals surface area contributed by atoms with E-state index in [-0.39, 0.29) is 40.5 Å². The molecule has 1 aliphatic heterocycles. The molecular formula is C31H52O4Si2. The van der Waals surface area contributed by atoms with Gasteiger partial charge in [-0.2, -0.15) is 0 Å². The van der Waals surface area contributed by atoms with Gasteiger partial charge in [0, 0.05) is 24.9 Å². The molecule has 0 unspecified atom stereocenters. The predicted molar refractivity (Wildman–Crippen MR) is 159 cm³/mol. The van der Waals surface area contributed by atoms with Gasteiger partial charge in [0.1, 0.15) is 0 Å². The number of allylic oxidation sites excluding steroid dienone is 2. The standard InChI is InChI=1S/C31H52O4Si2/c1-21-13-12-14-22(17-21)24(20-33-36(8)9)25(29(2,3)4)16-15-23-26-18-28(32)34-31(26,35-37(10)11)19-27(23)30(5,6)7/h12-17,23-27,36-37H,18-20H2,1-11H3/t23-,24-,25+,26+,27+,31-/m0/s1. The summed E-state index contributed by atoms with van der Waals surface area (Å²) in [6.45, 7) is 25.7. The molecule has 0 aromatic heterocycles. The molecule has 0 radical (unpaired) electrons. The van der Waals surface area contributed by atoms with Crippen LogP contribution in [0.25, 0.3) is 0 Å². The monoisotopic (exact) mass is 544 g/mol. The lowest BCUT2D eigenvalue weighted by Crippen LogP contribution is -2.39. The zero-order valence-electron chi connectivity index (χ0n) is 25.3. The summed E-state index contributed by atoms with van der Waals surface area (Å²) in [5, 5.41) is 0. The molecule has 1 saturated carbocycles. The quantitative estimate of drug-likeness (QED) is 0.187. The molecule has 3 rings (SSSR count). The van der Waals surface area contributed by atoms with Crippen molar-refractivity contribution in [3.05, 3.63) is 47.5 Å². The van der Waals surface area contributed by atoms with Crippen molar-refractivity contribution < 1.29 is 18.4 Å². The highest BCUT2D eigenvalue weighted by atomic mass is 28.3. The molecule has 4 nitrogen and oxygen atoms in total. The van der Waals surface area contributed by atoms with Crippen LogP contribution in [0.15, 0.2) is 36.4 Å². The first-order valence-electron chi connectivity index (χ1n) is 14.3. The predicted octanol–water partition coefficient (Wildman–Crippen LogP) is 7.24. The Bertz CT molecular complexity index is 959. The lowest BCUT2D eigenvalue weighted by molar-refractivity contribution is -0.186. The van der Waals surface area contributed by atoms with Gasteiger partial charge in [-0.3, -0.25) is 4.79 Å². The fourth-order valence-corrected chi connectivity index (χ4v) is 8.29. The van der Waals surface area contributed by atoms with E-state index in [1.54, 1.807) is 0 Å². The number of aryl methyl sites for hydroxylation is 1. The molecule has 37 heavy (non-hydrogen) atoms. The number of rotatable bonds is 9. The molecule has 1 aromatic rings. The number of hydrogen-bond acceptors (Lipinski definition) is 4. The first-order chi connectivity index (χ1) is 17.0. The molecular weight excluding hydrogens is 493 g/mol. The largest absolute Gasteiger partial charge is 0.434 e. The molecule has 0 spiro atoms. The van der Waals surface area contributed by atoms with E-state index in [2.05, 4.69) is 111 Å². The maximum atomic E-state index is 12.6. The van der Waals surface area contributed by atoms with Gasteiger partial charge < -0.3 is 13.6 Å². The summed E-state index contributed by atoms with van der Waals surface area (Å²) < 4.78 is 19.0. The third-order valence-electron chi connectivity index (χ3n) is 8.27. The number of carbonyl (C=O) groups is 1. The molecule has 6 atom stereocenters. The van der Waals surface area contributed by atoms with E-state index in [4.69, 9.17) is 13.6 Å². The fraction of sp³-hybridized carbons (Fsp3) is 0.710. The summed E-state index contributed by atoms with van der Waals surface area (Å²) in [5.74, 6) is 0.402. The molecule has 1 aromatic carbocycles. The van der Waals surface area contributed by atoms with E-state index in [1.165, 1.54) is 11.1 Å². The van der Waals surface area contributed by atoms with Crippen molar-refractivity contribution >= 4 is 24.0 Å². The van der Waals surface area contributed by atoms with Gasteiger partial charge in [0.15, 0.2) is 18.1 Å². The Labute approximate surface area is 230 Å². The first kappa shape index (κ1) is 30.3. The third kappa shape index (κ3) is 7.26. The Morgan fingerprint density at radius 1 is 1.11 bits per heavy atom. The van der Waals surface area contributed by atoms with Gasteiger partial charge in [0.05, 0.1) is 6.42 Å². The van der Waals surface area contributed by atoms with Crippen LogP contribution in [-0.2, 0) is 18.4 Å². The van der Waals surface area contributed by atoms with E-state index in [0.29, 0.717) is 12.3 Å². The Morgan fingerprint density at radius 3 is 2.32 bits per heavy atom. The minimum Gasteiger partial charge on any atom is -0.434 e. The Kier molecular flexibility index (Phi) is 9.42. The molecule has 6 heteroatoms. The smallest absolute Gasteiger partial charge is 0.308 e. The topological polar surface area (TPSA) is 44.8 Å². The molecule has 0 amide bonds. The second-order valence-corrected chi connectivity index (χ2v) is 19.0. The second-order valence-electron chi connectivity index (χ2n) is 14.2. The summed E-state index contributed by atoms with van der Waals surface area (Å²) in [6.07, 6.45) is 6.15. The number of fused-ring (bicyclic) bond motifs is 1. The van der Waals surface area contributed by atoms with Crippen LogP contribution in [0.1, 0.15) is 71.4 Å². The number of benzene rings is 1. The lowest BCUT2D eigenvalue weighted by atomic mass is 9.68. The van der Waals surface area contributed by atoms with Gasteiger partial charge in [-0.05, 0) is 67.3 Å². The van der Waals surface area contributed by atoms with Gasteiger partial charge in [0.2, 0.25) is 5.79 Å². The molecule has 208 valence electrons. The average molecular weight is 545 g/mol. The summed E-state index contributed by atoms with van der Waals surface area (Å²) in [6, 6.07) is 8.93. The van der Waals surface area contributed by atoms with Gasteiger partial charge in [-0.25, -0.2) is 0 Å². The second kappa shape index (κ2) is 11.5. The van der Waals surface area contributed by atoms with E-state index in [0.717, 1.165) is 13.0 Å². The van der Waals surface area contributed by atoms with Crippen LogP contribution in [-0.4, -0.2) is 36.4 Å². The van der Waals surface area contributed by atoms with Crippen LogP contribution < -0.4 is 0 Å². The highest BCUT2D eigenvalue weighted by Crippen LogP contribution is 2.58. The molecule has 1 heterocycles. The summed E-state index contributed by atoms with van der Waals surface area (Å²) in [5.41, 5.74) is 2.76. The van der Waals surface area contributed by atoms with Crippen LogP contribution >= 0.6 is 0 Å². The minimum atomic E-state index is -1.41. The molecule has 2 fully saturated rings. The summed E-state index contributed by atoms with van der Waals surface area (Å²) in [7, 11) is -2.57. The van der Waals surface area contributed by atoms with Crippen molar-refractivity contribution in [2.45, 2.75) is 99.2 Å². The molecule has 2 aliphatic rings. The highest BCUT2D eigenvalue weighted by molar-refractivity contribution is 6.48. The van der Waals surface area contributed by atoms with Crippen LogP contribution in [0.5, 0.6) is 0 Å². The SMILES string of the molecule is Cc1cccc([C@H](CO[SiH](C)C)[C@@H](C=C[C@@H]2[C@H](C(C)(C)C)C[C@@]3(O[SiH](C)C)OC(=O)C[C@H]23)C(C)(C)C)c1. The van der Waals surface area contributed by atoms with Crippen molar-refractivity contribution in [2.24, 2.45) is 34.5 Å². The van der Waals surface area contributed by atoms with E-state index >= 15 is 0 Å². The first-order valence-corrected chi connectivity index (χ1v) is 19.9. The number of ether oxygens (including phenoxy) is 1. The zero-order valence-corrected chi connectivity index (χ0v) is 27.6. The van der Waals surface area contributed by atoms with Crippen molar-refractivity contribution in [3.8, 4) is 0 Å². The van der Waals surface area contributed by atoms with E-state index in [1.807, 2.05) is 0 Å². The van der Waals surface area contributed by atoms with E-state index < -0.39 is 23.9 Å². The Morgan fingerprint density at radius 2 is 1.78 bits per heavy atom. The van der Waals surface area contributed by atoms with Gasteiger partial charge >= 0.3 is 5.97 Å². The Hall–Kier alpha value is -1.22. The van der Waals surface area contributed by atoms with Crippen LogP contribution in [0.4, 0.5) is 0 Å². The summed E-state index contributed by atoms with van der Waals surface area (Å²) in [4.78, 5) is 12.6. The van der Waals surface area contributed by atoms with Crippen molar-refractivity contribution in [2.75, 3.05) is 6.61 Å². The molecule has 0 bridgehead atoms. The minimum absolute atomic E-state index is 0.0447. The van der Waals surface area contributed by atoms with Crippen molar-refractivity contribution in [1.29, 1.82) is 0 Å². The molecule has 1 aliphatic carbocycles. The van der Waals surface area contributed by atoms with E-state index in [9.17, 15) is 4.79 Å². The van der Waals surface area contributed by atoms with Gasteiger partial charge in [-0.1, -0.05) is 83.5 Å². The van der Waals surface area contributed by atoms with Crippen molar-refractivity contribution in [1.82, 2.24) is 0 Å². The highest BCUT2D eigenvalue weighted by Gasteiger charge is 2.62. The maximum Gasteiger partial charge on any atom is 0.308 e. The van der Waals surface area contributed by atoms with Crippen molar-refractivity contribution in [3.63, 3.8) is 0 Å². The number of esters is 1. The maximum absolute atomic E-state index is 12.6. The van der Waals surface area contributed by atoms with Crippen LogP contribution in [0.3, 0.4) is 0 Å². The molecule has 1 saturated heterocycles. The summed E-state index contributed by atoms with van der Waals surface area (Å²) >= 11 is 0. The fourth-order valence-electron chi connectivity index (χ4n) is 6.58. The lowest BCUT2D eigenvalue weighted by Gasteiger charge is -2.37. The average Bonchev–Trinajstić information content (AvgIpc) is 3.19. The van der Waals surface area contributed by atoms with Gasteiger partial charge in [-0.15, -0.1) is 0 Å². The van der Waals surface area contributed by atoms with Crippen LogP contribution in [0.2, 0.25) is 26.2 Å². The number of carbonyl (C=O) groups excluding carboxylic acids is 1. The number of hydrogen-bond donors (Lipinski definition) is 0. The van der Waals surface area contributed by atoms with Gasteiger partial charge in [0.25, 0.3) is 0 Å². The van der Waals surface area contributed by atoms with Crippen LogP contribution in [0, 0.1) is 41.4 Å². The normalized spacial score (nSPS) is 28.2. The Balaban J connectivity index is 2.04.